The lowest BCUT2D eigenvalue weighted by Crippen LogP contribution is -2.41. The highest BCUT2D eigenvalue weighted by Gasteiger charge is 2.22. The second-order valence-corrected chi connectivity index (χ2v) is 6.74. The third kappa shape index (κ3) is 4.51. The largest absolute Gasteiger partial charge is 0.396 e. The van der Waals surface area contributed by atoms with Gasteiger partial charge < -0.3 is 10.0 Å². The number of aliphatic hydroxyl groups is 1. The highest BCUT2D eigenvalue weighted by Crippen LogP contribution is 2.22. The molecule has 1 saturated heterocycles. The molecule has 104 valence electrons. The van der Waals surface area contributed by atoms with Crippen molar-refractivity contribution in [1.29, 1.82) is 0 Å². The minimum atomic E-state index is 0.172. The van der Waals surface area contributed by atoms with Gasteiger partial charge in [0.15, 0.2) is 0 Å². The molecule has 0 saturated carbocycles. The summed E-state index contributed by atoms with van der Waals surface area (Å²) < 4.78 is 1.05. The molecule has 1 heterocycles. The lowest BCUT2D eigenvalue weighted by Gasteiger charge is -2.31. The van der Waals surface area contributed by atoms with Crippen molar-refractivity contribution in [3.63, 3.8) is 0 Å². The number of aliphatic hydroxyl groups excluding tert-OH is 1. The minimum absolute atomic E-state index is 0.172. The number of benzene rings is 1. The number of likely N-dealkylation sites (tertiary alicyclic amines) is 1. The minimum Gasteiger partial charge on any atom is -0.396 e. The van der Waals surface area contributed by atoms with Crippen LogP contribution in [-0.2, 0) is 4.79 Å². The van der Waals surface area contributed by atoms with Crippen LogP contribution in [0.5, 0.6) is 0 Å². The maximum absolute atomic E-state index is 12.1. The molecule has 1 aliphatic heterocycles. The summed E-state index contributed by atoms with van der Waals surface area (Å²) in [7, 11) is 0. The average molecular weight is 344 g/mol. The normalized spacial score (nSPS) is 19.5. The van der Waals surface area contributed by atoms with Gasteiger partial charge in [-0.3, -0.25) is 4.79 Å². The monoisotopic (exact) mass is 343 g/mol. The number of halogens is 1. The van der Waals surface area contributed by atoms with Gasteiger partial charge in [0.1, 0.15) is 0 Å². The van der Waals surface area contributed by atoms with Gasteiger partial charge in [0.2, 0.25) is 5.91 Å². The SMILES string of the molecule is O=C(CSc1ccc(Br)cc1)N1CCCC(CO)C1. The zero-order valence-corrected chi connectivity index (χ0v) is 13.1. The highest BCUT2D eigenvalue weighted by molar-refractivity contribution is 9.10. The Kier molecular flexibility index (Phi) is 5.73. The second kappa shape index (κ2) is 7.31. The van der Waals surface area contributed by atoms with E-state index in [1.165, 1.54) is 0 Å². The van der Waals surface area contributed by atoms with E-state index in [9.17, 15) is 9.90 Å². The topological polar surface area (TPSA) is 40.5 Å². The predicted molar refractivity (Wildman–Crippen MR) is 81.3 cm³/mol. The van der Waals surface area contributed by atoms with Crippen LogP contribution in [0.2, 0.25) is 0 Å². The third-order valence-electron chi connectivity index (χ3n) is 3.31. The molecule has 0 aliphatic carbocycles. The molecule has 1 amide bonds. The van der Waals surface area contributed by atoms with Crippen LogP contribution in [0.1, 0.15) is 12.8 Å². The molecule has 0 spiro atoms. The van der Waals surface area contributed by atoms with Crippen molar-refractivity contribution in [2.75, 3.05) is 25.4 Å². The van der Waals surface area contributed by atoms with Crippen molar-refractivity contribution in [2.24, 2.45) is 5.92 Å². The molecule has 1 aromatic rings. The Hall–Kier alpha value is -0.520. The van der Waals surface area contributed by atoms with Crippen LogP contribution in [0, 0.1) is 5.92 Å². The second-order valence-electron chi connectivity index (χ2n) is 4.77. The molecule has 0 bridgehead atoms. The standard InChI is InChI=1S/C14H18BrNO2S/c15-12-3-5-13(6-4-12)19-10-14(18)16-7-1-2-11(8-16)9-17/h3-6,11,17H,1-2,7-10H2. The zero-order chi connectivity index (χ0) is 13.7. The quantitative estimate of drug-likeness (QED) is 0.854. The maximum atomic E-state index is 12.1. The smallest absolute Gasteiger partial charge is 0.232 e. The maximum Gasteiger partial charge on any atom is 0.232 e. The van der Waals surface area contributed by atoms with Gasteiger partial charge in [0, 0.05) is 29.1 Å². The molecule has 1 atom stereocenters. The molecule has 1 unspecified atom stereocenters. The van der Waals surface area contributed by atoms with Crippen molar-refractivity contribution >= 4 is 33.6 Å². The average Bonchev–Trinajstić information content (AvgIpc) is 2.46. The van der Waals surface area contributed by atoms with Crippen molar-refractivity contribution in [2.45, 2.75) is 17.7 Å². The molecular weight excluding hydrogens is 326 g/mol. The van der Waals surface area contributed by atoms with Crippen LogP contribution < -0.4 is 0 Å². The van der Waals surface area contributed by atoms with Crippen molar-refractivity contribution in [1.82, 2.24) is 4.90 Å². The van der Waals surface area contributed by atoms with E-state index >= 15 is 0 Å². The van der Waals surface area contributed by atoms with E-state index in [1.807, 2.05) is 29.2 Å². The summed E-state index contributed by atoms with van der Waals surface area (Å²) in [5, 5.41) is 9.18. The van der Waals surface area contributed by atoms with E-state index in [0.29, 0.717) is 12.3 Å². The van der Waals surface area contributed by atoms with Crippen LogP contribution >= 0.6 is 27.7 Å². The third-order valence-corrected chi connectivity index (χ3v) is 4.83. The van der Waals surface area contributed by atoms with Crippen molar-refractivity contribution < 1.29 is 9.90 Å². The van der Waals surface area contributed by atoms with E-state index < -0.39 is 0 Å². The van der Waals surface area contributed by atoms with Gasteiger partial charge in [0.25, 0.3) is 0 Å². The van der Waals surface area contributed by atoms with Gasteiger partial charge in [-0.1, -0.05) is 15.9 Å². The fraction of sp³-hybridized carbons (Fsp3) is 0.500. The van der Waals surface area contributed by atoms with E-state index in [-0.39, 0.29) is 18.4 Å². The number of thioether (sulfide) groups is 1. The van der Waals surface area contributed by atoms with Crippen LogP contribution in [0.25, 0.3) is 0 Å². The summed E-state index contributed by atoms with van der Waals surface area (Å²) in [6, 6.07) is 7.98. The molecular formula is C14H18BrNO2S. The number of hydrogen-bond acceptors (Lipinski definition) is 3. The first kappa shape index (κ1) is 14.9. The molecule has 1 N–H and O–H groups in total. The van der Waals surface area contributed by atoms with Gasteiger partial charge in [-0.05, 0) is 43.0 Å². The fourth-order valence-electron chi connectivity index (χ4n) is 2.21. The molecule has 0 aromatic heterocycles. The molecule has 1 aromatic carbocycles. The van der Waals surface area contributed by atoms with E-state index in [4.69, 9.17) is 0 Å². The molecule has 19 heavy (non-hydrogen) atoms. The number of hydrogen-bond donors (Lipinski definition) is 1. The Morgan fingerprint density at radius 3 is 2.84 bits per heavy atom. The van der Waals surface area contributed by atoms with Crippen molar-refractivity contribution in [3.8, 4) is 0 Å². The summed E-state index contributed by atoms with van der Waals surface area (Å²) in [5.41, 5.74) is 0. The Morgan fingerprint density at radius 2 is 2.16 bits per heavy atom. The predicted octanol–water partition coefficient (Wildman–Crippen LogP) is 2.77. The van der Waals surface area contributed by atoms with Crippen molar-refractivity contribution in [3.05, 3.63) is 28.7 Å². The van der Waals surface area contributed by atoms with Crippen LogP contribution in [0.3, 0.4) is 0 Å². The molecule has 0 radical (unpaired) electrons. The molecule has 1 aliphatic rings. The number of piperidine rings is 1. The van der Waals surface area contributed by atoms with E-state index in [2.05, 4.69) is 15.9 Å². The number of carbonyl (C=O) groups is 1. The number of amides is 1. The van der Waals surface area contributed by atoms with E-state index in [1.54, 1.807) is 11.8 Å². The first-order valence-corrected chi connectivity index (χ1v) is 8.24. The number of carbonyl (C=O) groups excluding carboxylic acids is 1. The number of nitrogens with zero attached hydrogens (tertiary/aromatic N) is 1. The summed E-state index contributed by atoms with van der Waals surface area (Å²) >= 11 is 4.96. The van der Waals surface area contributed by atoms with Gasteiger partial charge in [-0.25, -0.2) is 0 Å². The lowest BCUT2D eigenvalue weighted by atomic mass is 9.99. The fourth-order valence-corrected chi connectivity index (χ4v) is 3.27. The Morgan fingerprint density at radius 1 is 1.42 bits per heavy atom. The highest BCUT2D eigenvalue weighted by atomic mass is 79.9. The first-order valence-electron chi connectivity index (χ1n) is 6.46. The molecule has 1 fully saturated rings. The first-order chi connectivity index (χ1) is 9.19. The Labute approximate surface area is 126 Å². The van der Waals surface area contributed by atoms with Gasteiger partial charge in [0.05, 0.1) is 5.75 Å². The van der Waals surface area contributed by atoms with Gasteiger partial charge in [-0.2, -0.15) is 0 Å². The molecule has 2 rings (SSSR count). The van der Waals surface area contributed by atoms with Crippen LogP contribution in [-0.4, -0.2) is 41.4 Å². The number of rotatable bonds is 4. The van der Waals surface area contributed by atoms with Crippen LogP contribution in [0.4, 0.5) is 0 Å². The summed E-state index contributed by atoms with van der Waals surface area (Å²) in [6.07, 6.45) is 2.03. The Balaban J connectivity index is 1.82. The lowest BCUT2D eigenvalue weighted by molar-refractivity contribution is -0.130. The molecule has 3 nitrogen and oxygen atoms in total. The molecule has 5 heteroatoms. The summed E-state index contributed by atoms with van der Waals surface area (Å²) in [6.45, 7) is 1.72. The van der Waals surface area contributed by atoms with Gasteiger partial charge in [-0.15, -0.1) is 11.8 Å². The zero-order valence-electron chi connectivity index (χ0n) is 10.7. The summed E-state index contributed by atoms with van der Waals surface area (Å²) in [4.78, 5) is 15.1. The summed E-state index contributed by atoms with van der Waals surface area (Å²) in [5.74, 6) is 0.904. The van der Waals surface area contributed by atoms with Gasteiger partial charge >= 0.3 is 0 Å². The Bertz CT molecular complexity index is 424. The van der Waals surface area contributed by atoms with E-state index in [0.717, 1.165) is 28.8 Å². The van der Waals surface area contributed by atoms with Crippen LogP contribution in [0.15, 0.2) is 33.6 Å².